The fourth-order valence-electron chi connectivity index (χ4n) is 1.69. The zero-order valence-corrected chi connectivity index (χ0v) is 12.0. The molecule has 1 aromatic rings. The largest absolute Gasteiger partial charge is 0.493 e. The molecule has 0 heterocycles. The number of carboxylic acid groups (broad SMARTS) is 1. The SMILES string of the molecule is COc1cc(F)c(Cl)c(CC(C)(C)C(=O)O)c1OC. The Kier molecular flexibility index (Phi) is 4.63. The van der Waals surface area contributed by atoms with Gasteiger partial charge in [0.15, 0.2) is 11.5 Å². The van der Waals surface area contributed by atoms with Crippen LogP contribution < -0.4 is 9.47 Å². The summed E-state index contributed by atoms with van der Waals surface area (Å²) in [6, 6.07) is 1.11. The van der Waals surface area contributed by atoms with Gasteiger partial charge in [-0.15, -0.1) is 0 Å². The first-order valence-electron chi connectivity index (χ1n) is 5.56. The molecule has 1 aromatic carbocycles. The Labute approximate surface area is 116 Å². The smallest absolute Gasteiger partial charge is 0.309 e. The molecule has 19 heavy (non-hydrogen) atoms. The molecule has 0 unspecified atom stereocenters. The third kappa shape index (κ3) is 3.10. The minimum absolute atomic E-state index is 0.0262. The van der Waals surface area contributed by atoms with E-state index in [0.717, 1.165) is 6.07 Å². The lowest BCUT2D eigenvalue weighted by Gasteiger charge is -2.22. The van der Waals surface area contributed by atoms with Gasteiger partial charge in [0.2, 0.25) is 0 Å². The zero-order chi connectivity index (χ0) is 14.8. The molecule has 0 spiro atoms. The molecule has 0 radical (unpaired) electrons. The van der Waals surface area contributed by atoms with Crippen LogP contribution >= 0.6 is 11.6 Å². The highest BCUT2D eigenvalue weighted by molar-refractivity contribution is 6.31. The van der Waals surface area contributed by atoms with E-state index in [2.05, 4.69) is 0 Å². The number of aliphatic carboxylic acids is 1. The van der Waals surface area contributed by atoms with E-state index >= 15 is 0 Å². The quantitative estimate of drug-likeness (QED) is 0.905. The maximum absolute atomic E-state index is 13.7. The maximum atomic E-state index is 13.7. The van der Waals surface area contributed by atoms with Gasteiger partial charge in [0.1, 0.15) is 5.82 Å². The van der Waals surface area contributed by atoms with Gasteiger partial charge in [-0.05, 0) is 20.3 Å². The summed E-state index contributed by atoms with van der Waals surface area (Å²) in [5.74, 6) is -1.24. The van der Waals surface area contributed by atoms with Crippen molar-refractivity contribution in [3.8, 4) is 11.5 Å². The van der Waals surface area contributed by atoms with E-state index in [0.29, 0.717) is 0 Å². The molecule has 0 aliphatic rings. The van der Waals surface area contributed by atoms with Crippen LogP contribution in [0.5, 0.6) is 11.5 Å². The third-order valence-corrected chi connectivity index (χ3v) is 3.26. The Morgan fingerprint density at radius 2 is 2.00 bits per heavy atom. The highest BCUT2D eigenvalue weighted by atomic mass is 35.5. The van der Waals surface area contributed by atoms with Crippen LogP contribution in [0.4, 0.5) is 4.39 Å². The number of hydrogen-bond acceptors (Lipinski definition) is 3. The highest BCUT2D eigenvalue weighted by Gasteiger charge is 2.31. The predicted molar refractivity (Wildman–Crippen MR) is 69.6 cm³/mol. The molecule has 0 saturated heterocycles. The van der Waals surface area contributed by atoms with Gasteiger partial charge in [-0.25, -0.2) is 4.39 Å². The average molecular weight is 291 g/mol. The summed E-state index contributed by atoms with van der Waals surface area (Å²) >= 11 is 5.91. The summed E-state index contributed by atoms with van der Waals surface area (Å²) in [7, 11) is 2.76. The summed E-state index contributed by atoms with van der Waals surface area (Å²) in [6.45, 7) is 3.06. The van der Waals surface area contributed by atoms with Gasteiger partial charge in [0, 0.05) is 11.6 Å². The molecule has 106 valence electrons. The minimum atomic E-state index is -1.10. The predicted octanol–water partition coefficient (Wildman–Crippen LogP) is 3.15. The number of halogens is 2. The first-order chi connectivity index (χ1) is 8.74. The van der Waals surface area contributed by atoms with Crippen LogP contribution in [-0.4, -0.2) is 25.3 Å². The Morgan fingerprint density at radius 3 is 2.42 bits per heavy atom. The van der Waals surface area contributed by atoms with Gasteiger partial charge in [0.05, 0.1) is 24.7 Å². The van der Waals surface area contributed by atoms with Crippen molar-refractivity contribution in [3.05, 3.63) is 22.5 Å². The zero-order valence-electron chi connectivity index (χ0n) is 11.2. The van der Waals surface area contributed by atoms with E-state index < -0.39 is 17.2 Å². The molecule has 0 fully saturated rings. The number of hydrogen-bond donors (Lipinski definition) is 1. The first-order valence-corrected chi connectivity index (χ1v) is 5.94. The van der Waals surface area contributed by atoms with Crippen molar-refractivity contribution in [2.24, 2.45) is 5.41 Å². The van der Waals surface area contributed by atoms with Crippen LogP contribution in [-0.2, 0) is 11.2 Å². The van der Waals surface area contributed by atoms with E-state index in [1.165, 1.54) is 28.1 Å². The summed E-state index contributed by atoms with van der Waals surface area (Å²) in [6.07, 6.45) is 0.0262. The van der Waals surface area contributed by atoms with E-state index in [9.17, 15) is 9.18 Å². The van der Waals surface area contributed by atoms with Crippen LogP contribution in [0.1, 0.15) is 19.4 Å². The fraction of sp³-hybridized carbons (Fsp3) is 0.462. The van der Waals surface area contributed by atoms with Crippen LogP contribution in [0, 0.1) is 11.2 Å². The Balaban J connectivity index is 3.40. The molecular weight excluding hydrogens is 275 g/mol. The highest BCUT2D eigenvalue weighted by Crippen LogP contribution is 2.41. The molecule has 0 aliphatic heterocycles. The molecule has 0 atom stereocenters. The van der Waals surface area contributed by atoms with Crippen molar-refractivity contribution in [1.82, 2.24) is 0 Å². The fourth-order valence-corrected chi connectivity index (χ4v) is 1.89. The molecule has 0 aromatic heterocycles. The monoisotopic (exact) mass is 290 g/mol. The standard InChI is InChI=1S/C13H16ClFO4/c1-13(2,12(16)17)6-7-10(14)8(15)5-9(18-3)11(7)19-4/h5H,6H2,1-4H3,(H,16,17). The Bertz CT molecular complexity index is 500. The topological polar surface area (TPSA) is 55.8 Å². The van der Waals surface area contributed by atoms with Crippen LogP contribution in [0.2, 0.25) is 5.02 Å². The van der Waals surface area contributed by atoms with E-state index in [-0.39, 0.29) is 28.5 Å². The second-order valence-corrected chi connectivity index (χ2v) is 5.13. The Morgan fingerprint density at radius 1 is 1.42 bits per heavy atom. The van der Waals surface area contributed by atoms with Crippen molar-refractivity contribution in [2.45, 2.75) is 20.3 Å². The van der Waals surface area contributed by atoms with E-state index in [4.69, 9.17) is 26.2 Å². The molecule has 6 heteroatoms. The summed E-state index contributed by atoms with van der Waals surface area (Å²) in [5.41, 5.74) is -0.816. The van der Waals surface area contributed by atoms with Gasteiger partial charge in [-0.2, -0.15) is 0 Å². The minimum Gasteiger partial charge on any atom is -0.493 e. The van der Waals surface area contributed by atoms with Crippen molar-refractivity contribution in [2.75, 3.05) is 14.2 Å². The number of benzene rings is 1. The lowest BCUT2D eigenvalue weighted by atomic mass is 9.85. The van der Waals surface area contributed by atoms with Gasteiger partial charge < -0.3 is 14.6 Å². The first kappa shape index (κ1) is 15.6. The average Bonchev–Trinajstić information content (AvgIpc) is 2.34. The van der Waals surface area contributed by atoms with Crippen LogP contribution in [0.25, 0.3) is 0 Å². The van der Waals surface area contributed by atoms with Gasteiger partial charge in [-0.1, -0.05) is 11.6 Å². The molecular formula is C13H16ClFO4. The molecule has 1 N–H and O–H groups in total. The summed E-state index contributed by atoms with van der Waals surface area (Å²) in [5, 5.41) is 9.00. The number of rotatable bonds is 5. The van der Waals surface area contributed by atoms with Gasteiger partial charge in [0.25, 0.3) is 0 Å². The Hall–Kier alpha value is -1.49. The van der Waals surface area contributed by atoms with Crippen molar-refractivity contribution in [1.29, 1.82) is 0 Å². The van der Waals surface area contributed by atoms with Crippen molar-refractivity contribution in [3.63, 3.8) is 0 Å². The molecule has 0 saturated carbocycles. The van der Waals surface area contributed by atoms with Crippen LogP contribution in [0.15, 0.2) is 6.07 Å². The normalized spacial score (nSPS) is 11.3. The lowest BCUT2D eigenvalue weighted by molar-refractivity contribution is -0.146. The van der Waals surface area contributed by atoms with Gasteiger partial charge in [-0.3, -0.25) is 4.79 Å². The summed E-state index contributed by atoms with van der Waals surface area (Å²) in [4.78, 5) is 11.2. The second-order valence-electron chi connectivity index (χ2n) is 4.75. The number of carbonyl (C=O) groups is 1. The maximum Gasteiger partial charge on any atom is 0.309 e. The molecule has 0 aliphatic carbocycles. The van der Waals surface area contributed by atoms with Crippen LogP contribution in [0.3, 0.4) is 0 Å². The summed E-state index contributed by atoms with van der Waals surface area (Å²) < 4.78 is 23.9. The van der Waals surface area contributed by atoms with Crippen molar-refractivity contribution < 1.29 is 23.8 Å². The number of ether oxygens (including phenoxy) is 2. The second kappa shape index (κ2) is 5.65. The van der Waals surface area contributed by atoms with E-state index in [1.807, 2.05) is 0 Å². The number of carboxylic acids is 1. The molecule has 1 rings (SSSR count). The van der Waals surface area contributed by atoms with Crippen molar-refractivity contribution >= 4 is 17.6 Å². The molecule has 0 amide bonds. The third-order valence-electron chi connectivity index (χ3n) is 2.85. The molecule has 0 bridgehead atoms. The van der Waals surface area contributed by atoms with E-state index in [1.54, 1.807) is 0 Å². The number of methoxy groups -OCH3 is 2. The lowest BCUT2D eigenvalue weighted by Crippen LogP contribution is -2.26. The van der Waals surface area contributed by atoms with Gasteiger partial charge >= 0.3 is 5.97 Å². The molecule has 4 nitrogen and oxygen atoms in total.